The van der Waals surface area contributed by atoms with Crippen LogP contribution in [0, 0.1) is 0 Å². The highest BCUT2D eigenvalue weighted by Gasteiger charge is 2.36. The normalized spacial score (nSPS) is 22.2. The van der Waals surface area contributed by atoms with E-state index in [9.17, 15) is 4.79 Å². The molecule has 1 aliphatic heterocycles. The summed E-state index contributed by atoms with van der Waals surface area (Å²) in [6, 6.07) is 3.52. The third-order valence-corrected chi connectivity index (χ3v) is 3.03. The van der Waals surface area contributed by atoms with E-state index < -0.39 is 5.54 Å². The maximum Gasteiger partial charge on any atom is 0.245 e. The highest BCUT2D eigenvalue weighted by molar-refractivity contribution is 5.87. The Morgan fingerprint density at radius 2 is 2.22 bits per heavy atom. The molecule has 96 valence electrons. The molecule has 0 bridgehead atoms. The maximum atomic E-state index is 11.9. The van der Waals surface area contributed by atoms with Crippen molar-refractivity contribution in [2.45, 2.75) is 31.8 Å². The molecular weight excluding hydrogens is 228 g/mol. The van der Waals surface area contributed by atoms with Crippen LogP contribution in [0.4, 0.5) is 5.69 Å². The fraction of sp³-hybridized carbons (Fsp3) is 0.385. The summed E-state index contributed by atoms with van der Waals surface area (Å²) in [7, 11) is 0. The van der Waals surface area contributed by atoms with Crippen molar-refractivity contribution in [3.63, 3.8) is 0 Å². The van der Waals surface area contributed by atoms with E-state index in [-0.39, 0.29) is 11.9 Å². The van der Waals surface area contributed by atoms with Crippen molar-refractivity contribution in [3.05, 3.63) is 36.3 Å². The van der Waals surface area contributed by atoms with Crippen molar-refractivity contribution in [2.75, 3.05) is 5.73 Å². The number of nitrogens with one attached hydrogen (secondary N) is 2. The van der Waals surface area contributed by atoms with Gasteiger partial charge >= 0.3 is 0 Å². The monoisotopic (exact) mass is 246 g/mol. The first-order valence-electron chi connectivity index (χ1n) is 5.87. The number of carbonyl (C=O) groups is 1. The van der Waals surface area contributed by atoms with E-state index in [1.165, 1.54) is 0 Å². The average molecular weight is 246 g/mol. The topological polar surface area (TPSA) is 80.0 Å². The van der Waals surface area contributed by atoms with Gasteiger partial charge in [0.05, 0.1) is 17.9 Å². The van der Waals surface area contributed by atoms with Crippen molar-refractivity contribution in [1.29, 1.82) is 0 Å². The number of pyridine rings is 1. The second kappa shape index (κ2) is 4.33. The van der Waals surface area contributed by atoms with Crippen LogP contribution < -0.4 is 16.4 Å². The third-order valence-electron chi connectivity index (χ3n) is 3.03. The third kappa shape index (κ3) is 2.45. The van der Waals surface area contributed by atoms with Gasteiger partial charge in [-0.1, -0.05) is 6.58 Å². The van der Waals surface area contributed by atoms with Crippen molar-refractivity contribution in [1.82, 2.24) is 15.6 Å². The number of amides is 1. The van der Waals surface area contributed by atoms with Crippen LogP contribution in [0.3, 0.4) is 0 Å². The quantitative estimate of drug-likeness (QED) is 0.713. The molecule has 1 saturated heterocycles. The Kier molecular flexibility index (Phi) is 2.98. The number of rotatable bonds is 2. The number of piperazine rings is 1. The molecule has 0 saturated carbocycles. The van der Waals surface area contributed by atoms with Crippen LogP contribution in [-0.4, -0.2) is 22.5 Å². The summed E-state index contributed by atoms with van der Waals surface area (Å²) in [4.78, 5) is 16.1. The summed E-state index contributed by atoms with van der Waals surface area (Å²) < 4.78 is 0. The summed E-state index contributed by atoms with van der Waals surface area (Å²) in [6.07, 6.45) is 2.22. The summed E-state index contributed by atoms with van der Waals surface area (Å²) in [6.45, 7) is 7.61. The Hall–Kier alpha value is -2.04. The first kappa shape index (κ1) is 12.4. The number of anilines is 1. The van der Waals surface area contributed by atoms with Crippen molar-refractivity contribution in [2.24, 2.45) is 0 Å². The zero-order valence-electron chi connectivity index (χ0n) is 10.7. The van der Waals surface area contributed by atoms with Crippen LogP contribution in [0.25, 0.3) is 0 Å². The van der Waals surface area contributed by atoms with Gasteiger partial charge in [0.1, 0.15) is 5.54 Å². The average Bonchev–Trinajstić information content (AvgIpc) is 2.28. The Morgan fingerprint density at radius 3 is 2.83 bits per heavy atom. The first-order chi connectivity index (χ1) is 8.38. The molecule has 1 atom stereocenters. The molecule has 2 rings (SSSR count). The van der Waals surface area contributed by atoms with Gasteiger partial charge in [0.2, 0.25) is 5.91 Å². The van der Waals surface area contributed by atoms with Crippen LogP contribution >= 0.6 is 0 Å². The predicted octanol–water partition coefficient (Wildman–Crippen LogP) is 0.587. The van der Waals surface area contributed by atoms with Gasteiger partial charge in [-0.2, -0.15) is 0 Å². The molecule has 1 unspecified atom stereocenters. The van der Waals surface area contributed by atoms with Crippen LogP contribution in [0.2, 0.25) is 0 Å². The Morgan fingerprint density at radius 1 is 1.50 bits per heavy atom. The lowest BCUT2D eigenvalue weighted by molar-refractivity contribution is -0.128. The van der Waals surface area contributed by atoms with Gasteiger partial charge in [0.15, 0.2) is 0 Å². The molecule has 1 aliphatic rings. The molecule has 1 fully saturated rings. The SMILES string of the molecule is C=C1NC(C)(C)C(=O)NC1Cc1ccc(N)cn1. The molecular formula is C13H18N4O. The van der Waals surface area contributed by atoms with E-state index in [0.29, 0.717) is 12.1 Å². The molecule has 0 radical (unpaired) electrons. The maximum absolute atomic E-state index is 11.9. The second-order valence-corrected chi connectivity index (χ2v) is 5.09. The smallest absolute Gasteiger partial charge is 0.245 e. The minimum absolute atomic E-state index is 0.0321. The van der Waals surface area contributed by atoms with Gasteiger partial charge in [-0.05, 0) is 26.0 Å². The number of nitrogens with zero attached hydrogens (tertiary/aromatic N) is 1. The molecule has 5 heteroatoms. The lowest BCUT2D eigenvalue weighted by Crippen LogP contribution is -2.62. The number of aromatic nitrogens is 1. The fourth-order valence-corrected chi connectivity index (χ4v) is 1.91. The molecule has 18 heavy (non-hydrogen) atoms. The summed E-state index contributed by atoms with van der Waals surface area (Å²) in [5, 5.41) is 6.08. The molecule has 1 aromatic heterocycles. The first-order valence-corrected chi connectivity index (χ1v) is 5.87. The van der Waals surface area contributed by atoms with E-state index in [2.05, 4.69) is 22.2 Å². The summed E-state index contributed by atoms with van der Waals surface area (Å²) in [5.74, 6) is -0.0321. The summed E-state index contributed by atoms with van der Waals surface area (Å²) >= 11 is 0. The standard InChI is InChI=1S/C13H18N4O/c1-8-11(16-12(18)13(2,3)17-8)6-10-5-4-9(14)7-15-10/h4-5,7,11,17H,1,6,14H2,2-3H3,(H,16,18). The number of hydrogen-bond donors (Lipinski definition) is 3. The number of nitrogens with two attached hydrogens (primary N) is 1. The fourth-order valence-electron chi connectivity index (χ4n) is 1.91. The van der Waals surface area contributed by atoms with Gasteiger partial charge in [0.25, 0.3) is 0 Å². The molecule has 1 aromatic rings. The molecule has 5 nitrogen and oxygen atoms in total. The lowest BCUT2D eigenvalue weighted by Gasteiger charge is -2.37. The van der Waals surface area contributed by atoms with E-state index in [0.717, 1.165) is 11.4 Å². The second-order valence-electron chi connectivity index (χ2n) is 5.09. The lowest BCUT2D eigenvalue weighted by atomic mass is 9.95. The number of hydrogen-bond acceptors (Lipinski definition) is 4. The largest absolute Gasteiger partial charge is 0.397 e. The minimum Gasteiger partial charge on any atom is -0.397 e. The van der Waals surface area contributed by atoms with Crippen molar-refractivity contribution < 1.29 is 4.79 Å². The van der Waals surface area contributed by atoms with Crippen LogP contribution in [0.1, 0.15) is 19.5 Å². The van der Waals surface area contributed by atoms with Crippen LogP contribution in [0.15, 0.2) is 30.6 Å². The summed E-state index contributed by atoms with van der Waals surface area (Å²) in [5.41, 5.74) is 7.28. The highest BCUT2D eigenvalue weighted by Crippen LogP contribution is 2.16. The van der Waals surface area contributed by atoms with Crippen LogP contribution in [0.5, 0.6) is 0 Å². The molecule has 1 amide bonds. The highest BCUT2D eigenvalue weighted by atomic mass is 16.2. The van der Waals surface area contributed by atoms with Crippen molar-refractivity contribution >= 4 is 11.6 Å². The van der Waals surface area contributed by atoms with Crippen LogP contribution in [-0.2, 0) is 11.2 Å². The van der Waals surface area contributed by atoms with Gasteiger partial charge in [-0.25, -0.2) is 0 Å². The van der Waals surface area contributed by atoms with E-state index in [4.69, 9.17) is 5.73 Å². The number of nitrogen functional groups attached to an aromatic ring is 1. The zero-order chi connectivity index (χ0) is 13.3. The molecule has 0 aromatic carbocycles. The van der Waals surface area contributed by atoms with E-state index in [1.54, 1.807) is 12.3 Å². The zero-order valence-corrected chi connectivity index (χ0v) is 10.7. The molecule has 4 N–H and O–H groups in total. The van der Waals surface area contributed by atoms with E-state index in [1.807, 2.05) is 19.9 Å². The Labute approximate surface area is 106 Å². The van der Waals surface area contributed by atoms with Gasteiger partial charge in [-0.15, -0.1) is 0 Å². The molecule has 0 aliphatic carbocycles. The van der Waals surface area contributed by atoms with Gasteiger partial charge < -0.3 is 16.4 Å². The molecule has 0 spiro atoms. The molecule has 2 heterocycles. The minimum atomic E-state index is -0.609. The Balaban J connectivity index is 2.09. The Bertz CT molecular complexity index is 478. The van der Waals surface area contributed by atoms with Crippen molar-refractivity contribution in [3.8, 4) is 0 Å². The predicted molar refractivity (Wildman–Crippen MR) is 70.6 cm³/mol. The van der Waals surface area contributed by atoms with E-state index >= 15 is 0 Å². The van der Waals surface area contributed by atoms with Gasteiger partial charge in [0, 0.05) is 17.8 Å². The number of carbonyl (C=O) groups excluding carboxylic acids is 1. The van der Waals surface area contributed by atoms with Gasteiger partial charge in [-0.3, -0.25) is 9.78 Å².